The Morgan fingerprint density at radius 1 is 1.33 bits per heavy atom. The fourth-order valence-electron chi connectivity index (χ4n) is 1.67. The van der Waals surface area contributed by atoms with Crippen molar-refractivity contribution in [3.63, 3.8) is 0 Å². The van der Waals surface area contributed by atoms with E-state index in [1.165, 1.54) is 4.90 Å². The Kier molecular flexibility index (Phi) is 8.38. The molecule has 90 valence electrons. The molecule has 0 heterocycles. The van der Waals surface area contributed by atoms with E-state index in [0.29, 0.717) is 0 Å². The topological polar surface area (TPSA) is 33.5 Å². The maximum atomic E-state index is 11.7. The van der Waals surface area contributed by atoms with Crippen LogP contribution in [0.5, 0.6) is 0 Å². The summed E-state index contributed by atoms with van der Waals surface area (Å²) in [5.74, 6) is 0.467. The normalized spacial score (nSPS) is 12.9. The van der Waals surface area contributed by atoms with Crippen molar-refractivity contribution in [1.82, 2.24) is 5.32 Å². The van der Waals surface area contributed by atoms with Crippen molar-refractivity contribution < 1.29 is 9.69 Å². The van der Waals surface area contributed by atoms with Gasteiger partial charge in [-0.05, 0) is 12.8 Å². The second-order valence-electron chi connectivity index (χ2n) is 4.50. The number of hydrogen-bond acceptors (Lipinski definition) is 1. The highest BCUT2D eigenvalue weighted by atomic mass is 16.1. The van der Waals surface area contributed by atoms with E-state index in [0.717, 1.165) is 38.8 Å². The van der Waals surface area contributed by atoms with Crippen LogP contribution in [-0.2, 0) is 4.79 Å². The molecule has 0 radical (unpaired) electrons. The summed E-state index contributed by atoms with van der Waals surface area (Å²) < 4.78 is 0. The first-order valence-electron chi connectivity index (χ1n) is 6.18. The molecule has 0 bridgehead atoms. The van der Waals surface area contributed by atoms with Crippen molar-refractivity contribution in [3.8, 4) is 0 Å². The number of nitrogens with one attached hydrogen (secondary N) is 2. The number of quaternary nitrogens is 1. The summed E-state index contributed by atoms with van der Waals surface area (Å²) in [6.07, 6.45) is 4.13. The molecule has 0 aliphatic rings. The van der Waals surface area contributed by atoms with Gasteiger partial charge in [0.15, 0.2) is 0 Å². The smallest absolute Gasteiger partial charge is 0.223 e. The molecule has 3 heteroatoms. The molecule has 0 rings (SSSR count). The van der Waals surface area contributed by atoms with E-state index in [2.05, 4.69) is 33.3 Å². The average molecular weight is 215 g/mol. The minimum Gasteiger partial charge on any atom is -0.356 e. The maximum Gasteiger partial charge on any atom is 0.223 e. The molecule has 0 saturated carbocycles. The minimum atomic E-state index is 0.224. The van der Waals surface area contributed by atoms with Crippen LogP contribution in [0.15, 0.2) is 0 Å². The number of rotatable bonds is 8. The summed E-state index contributed by atoms with van der Waals surface area (Å²) >= 11 is 0. The predicted octanol–water partition coefficient (Wildman–Crippen LogP) is 0.464. The van der Waals surface area contributed by atoms with Gasteiger partial charge in [0.2, 0.25) is 5.91 Å². The van der Waals surface area contributed by atoms with Crippen LogP contribution in [0, 0.1) is 5.92 Å². The van der Waals surface area contributed by atoms with Gasteiger partial charge in [-0.1, -0.05) is 20.3 Å². The molecule has 1 unspecified atom stereocenters. The van der Waals surface area contributed by atoms with Crippen LogP contribution in [0.2, 0.25) is 0 Å². The standard InChI is InChI=1S/C12H26N2O/c1-5-8-11(6-2)12(15)13-9-7-10-14(3)4/h11H,5-10H2,1-4H3,(H,13,15)/p+1. The molecule has 1 amide bonds. The van der Waals surface area contributed by atoms with Gasteiger partial charge in [-0.15, -0.1) is 0 Å². The molecule has 2 N–H and O–H groups in total. The van der Waals surface area contributed by atoms with E-state index in [1.54, 1.807) is 0 Å². The van der Waals surface area contributed by atoms with Gasteiger partial charge in [0, 0.05) is 18.9 Å². The lowest BCUT2D eigenvalue weighted by Crippen LogP contribution is -3.05. The van der Waals surface area contributed by atoms with Gasteiger partial charge in [0.1, 0.15) is 0 Å². The average Bonchev–Trinajstić information content (AvgIpc) is 2.20. The minimum absolute atomic E-state index is 0.224. The van der Waals surface area contributed by atoms with Gasteiger partial charge in [-0.2, -0.15) is 0 Å². The van der Waals surface area contributed by atoms with Crippen LogP contribution in [-0.4, -0.2) is 33.1 Å². The Bertz CT molecular complexity index is 169. The quantitative estimate of drug-likeness (QED) is 0.567. The summed E-state index contributed by atoms with van der Waals surface area (Å²) in [6.45, 7) is 6.16. The van der Waals surface area contributed by atoms with Crippen LogP contribution in [0.3, 0.4) is 0 Å². The maximum absolute atomic E-state index is 11.7. The first-order chi connectivity index (χ1) is 7.11. The molecule has 0 aromatic heterocycles. The largest absolute Gasteiger partial charge is 0.356 e. The van der Waals surface area contributed by atoms with E-state index in [4.69, 9.17) is 0 Å². The highest BCUT2D eigenvalue weighted by Gasteiger charge is 2.14. The molecule has 0 aromatic carbocycles. The van der Waals surface area contributed by atoms with Gasteiger partial charge in [0.25, 0.3) is 0 Å². The monoisotopic (exact) mass is 215 g/mol. The third kappa shape index (κ3) is 7.37. The molecule has 0 aliphatic heterocycles. The van der Waals surface area contributed by atoms with Crippen LogP contribution >= 0.6 is 0 Å². The summed E-state index contributed by atoms with van der Waals surface area (Å²) in [5.41, 5.74) is 0. The van der Waals surface area contributed by atoms with Crippen LogP contribution in [0.1, 0.15) is 39.5 Å². The van der Waals surface area contributed by atoms with Crippen LogP contribution < -0.4 is 10.2 Å². The lowest BCUT2D eigenvalue weighted by molar-refractivity contribution is -0.858. The summed E-state index contributed by atoms with van der Waals surface area (Å²) in [4.78, 5) is 13.1. The molecule has 0 aromatic rings. The number of carbonyl (C=O) groups excluding carboxylic acids is 1. The van der Waals surface area contributed by atoms with E-state index in [-0.39, 0.29) is 11.8 Å². The highest BCUT2D eigenvalue weighted by molar-refractivity contribution is 5.78. The number of carbonyl (C=O) groups is 1. The van der Waals surface area contributed by atoms with Crippen molar-refractivity contribution >= 4 is 5.91 Å². The SMILES string of the molecule is CCCC(CC)C(=O)NCCC[NH+](C)C. The molecule has 1 atom stereocenters. The Morgan fingerprint density at radius 2 is 2.00 bits per heavy atom. The Balaban J connectivity index is 3.62. The molecule has 0 spiro atoms. The van der Waals surface area contributed by atoms with E-state index in [9.17, 15) is 4.79 Å². The predicted molar refractivity (Wildman–Crippen MR) is 64.0 cm³/mol. The van der Waals surface area contributed by atoms with Gasteiger partial charge in [0.05, 0.1) is 20.6 Å². The van der Waals surface area contributed by atoms with Crippen molar-refractivity contribution in [2.75, 3.05) is 27.2 Å². The summed E-state index contributed by atoms with van der Waals surface area (Å²) in [6, 6.07) is 0. The fourth-order valence-corrected chi connectivity index (χ4v) is 1.67. The highest BCUT2D eigenvalue weighted by Crippen LogP contribution is 2.10. The van der Waals surface area contributed by atoms with Gasteiger partial charge in [-0.25, -0.2) is 0 Å². The first-order valence-corrected chi connectivity index (χ1v) is 6.18. The van der Waals surface area contributed by atoms with Crippen LogP contribution in [0.4, 0.5) is 0 Å². The zero-order valence-electron chi connectivity index (χ0n) is 10.7. The third-order valence-corrected chi connectivity index (χ3v) is 2.65. The van der Waals surface area contributed by atoms with Crippen molar-refractivity contribution in [2.24, 2.45) is 5.92 Å². The summed E-state index contributed by atoms with van der Waals surface area (Å²) in [7, 11) is 4.27. The molecular weight excluding hydrogens is 188 g/mol. The zero-order chi connectivity index (χ0) is 11.7. The molecule has 0 saturated heterocycles. The molecule has 15 heavy (non-hydrogen) atoms. The number of amides is 1. The Hall–Kier alpha value is -0.570. The second-order valence-corrected chi connectivity index (χ2v) is 4.50. The van der Waals surface area contributed by atoms with Gasteiger partial charge >= 0.3 is 0 Å². The Labute approximate surface area is 94.2 Å². The third-order valence-electron chi connectivity index (χ3n) is 2.65. The lowest BCUT2D eigenvalue weighted by Gasteiger charge is -2.14. The van der Waals surface area contributed by atoms with Gasteiger partial charge in [-0.3, -0.25) is 4.79 Å². The fraction of sp³-hybridized carbons (Fsp3) is 0.917. The Morgan fingerprint density at radius 3 is 2.47 bits per heavy atom. The first kappa shape index (κ1) is 14.4. The van der Waals surface area contributed by atoms with Gasteiger partial charge < -0.3 is 10.2 Å². The molecule has 0 aliphatic carbocycles. The van der Waals surface area contributed by atoms with E-state index in [1.807, 2.05) is 0 Å². The van der Waals surface area contributed by atoms with Crippen LogP contribution in [0.25, 0.3) is 0 Å². The lowest BCUT2D eigenvalue weighted by atomic mass is 10.00. The van der Waals surface area contributed by atoms with E-state index < -0.39 is 0 Å². The van der Waals surface area contributed by atoms with Crippen molar-refractivity contribution in [1.29, 1.82) is 0 Å². The summed E-state index contributed by atoms with van der Waals surface area (Å²) in [5, 5.41) is 3.02. The molecule has 0 fully saturated rings. The molecular formula is C12H27N2O+. The molecule has 3 nitrogen and oxygen atoms in total. The number of hydrogen-bond donors (Lipinski definition) is 2. The zero-order valence-corrected chi connectivity index (χ0v) is 10.7. The van der Waals surface area contributed by atoms with E-state index >= 15 is 0 Å². The second kappa shape index (κ2) is 8.72. The van der Waals surface area contributed by atoms with Crippen molar-refractivity contribution in [2.45, 2.75) is 39.5 Å². The van der Waals surface area contributed by atoms with Crippen molar-refractivity contribution in [3.05, 3.63) is 0 Å².